The molecule has 0 saturated carbocycles. The van der Waals surface area contributed by atoms with Crippen LogP contribution in [0.15, 0.2) is 48.5 Å². The molecule has 0 fully saturated rings. The summed E-state index contributed by atoms with van der Waals surface area (Å²) in [4.78, 5) is 12.3. The summed E-state index contributed by atoms with van der Waals surface area (Å²) < 4.78 is 77.6. The molecule has 0 spiro atoms. The summed E-state index contributed by atoms with van der Waals surface area (Å²) in [5, 5.41) is 0.884. The molecule has 0 aliphatic heterocycles. The third kappa shape index (κ3) is 7.06. The molecule has 1 heterocycles. The molecular weight excluding hydrogens is 491 g/mol. The Morgan fingerprint density at radius 1 is 1.09 bits per heavy atom. The molecule has 3 aromatic rings. The number of pyridine rings is 1. The Kier molecular flexibility index (Phi) is 9.05. The van der Waals surface area contributed by atoms with Crippen molar-refractivity contribution in [2.75, 3.05) is 13.7 Å². The standard InChI is InChI=1S/C22H24NO4.CHF3O3S/c1-5-26-22(24)18-11-17-12-21(27-14-16-9-7-6-8-10-16)20(25-4)13-19(17)23(3)15(18)2;2-1(3,4)8(5,6)7/h6-13H,5,14H2,1-4H3;(H,5,6,7)/q+1;/p-1. The molecule has 190 valence electrons. The topological polar surface area (TPSA) is 106 Å². The lowest BCUT2D eigenvalue weighted by Gasteiger charge is -2.13. The molecule has 2 aromatic carbocycles. The van der Waals surface area contributed by atoms with Gasteiger partial charge >= 0.3 is 11.5 Å². The van der Waals surface area contributed by atoms with Crippen molar-refractivity contribution in [3.63, 3.8) is 0 Å². The molecule has 0 atom stereocenters. The zero-order valence-corrected chi connectivity index (χ0v) is 20.2. The van der Waals surface area contributed by atoms with Crippen LogP contribution in [0.1, 0.15) is 28.5 Å². The fourth-order valence-electron chi connectivity index (χ4n) is 3.02. The first-order chi connectivity index (χ1) is 16.3. The number of carbonyl (C=O) groups excluding carboxylic acids is 1. The maximum absolute atomic E-state index is 12.3. The Labute approximate surface area is 200 Å². The molecule has 35 heavy (non-hydrogen) atoms. The first-order valence-electron chi connectivity index (χ1n) is 10.2. The number of nitrogens with zero attached hydrogens (tertiary/aromatic N) is 1. The highest BCUT2D eigenvalue weighted by Gasteiger charge is 2.36. The number of benzene rings is 2. The van der Waals surface area contributed by atoms with Crippen LogP contribution in [-0.2, 0) is 28.5 Å². The van der Waals surface area contributed by atoms with Gasteiger partial charge in [0, 0.05) is 6.92 Å². The minimum Gasteiger partial charge on any atom is -0.741 e. The summed E-state index contributed by atoms with van der Waals surface area (Å²) in [5.41, 5.74) is -2.25. The quantitative estimate of drug-likeness (QED) is 0.213. The number of alkyl halides is 3. The number of ether oxygens (including phenoxy) is 3. The maximum Gasteiger partial charge on any atom is 0.485 e. The van der Waals surface area contributed by atoms with E-state index in [0.29, 0.717) is 30.3 Å². The zero-order valence-electron chi connectivity index (χ0n) is 19.4. The molecule has 0 saturated heterocycles. The lowest BCUT2D eigenvalue weighted by molar-refractivity contribution is -0.651. The number of halogens is 3. The monoisotopic (exact) mass is 515 g/mol. The lowest BCUT2D eigenvalue weighted by atomic mass is 10.1. The second-order valence-corrected chi connectivity index (χ2v) is 8.53. The van der Waals surface area contributed by atoms with Crippen molar-refractivity contribution in [1.29, 1.82) is 0 Å². The number of rotatable bonds is 6. The Hall–Kier alpha value is -3.38. The smallest absolute Gasteiger partial charge is 0.485 e. The van der Waals surface area contributed by atoms with E-state index in [2.05, 4.69) is 0 Å². The average Bonchev–Trinajstić information content (AvgIpc) is 2.79. The highest BCUT2D eigenvalue weighted by molar-refractivity contribution is 7.86. The highest BCUT2D eigenvalue weighted by atomic mass is 32.2. The molecule has 0 N–H and O–H groups in total. The SMILES string of the molecule is CCOC(=O)c1cc2cc(OCc3ccccc3)c(OC)cc2[n+](C)c1C.O=S(=O)([O-])C(F)(F)F. The summed E-state index contributed by atoms with van der Waals surface area (Å²) in [5.74, 6) is 0.958. The number of hydrogen-bond donors (Lipinski definition) is 0. The number of carbonyl (C=O) groups is 1. The zero-order chi connectivity index (χ0) is 26.4. The van der Waals surface area contributed by atoms with Gasteiger partial charge in [-0.25, -0.2) is 13.2 Å². The summed E-state index contributed by atoms with van der Waals surface area (Å²) >= 11 is 0. The average molecular weight is 516 g/mol. The number of esters is 1. The molecule has 3 rings (SSSR count). The Morgan fingerprint density at radius 2 is 1.69 bits per heavy atom. The van der Waals surface area contributed by atoms with Crippen LogP contribution in [0, 0.1) is 6.92 Å². The van der Waals surface area contributed by atoms with Crippen LogP contribution in [0.3, 0.4) is 0 Å². The summed E-state index contributed by atoms with van der Waals surface area (Å²) in [6, 6.07) is 15.6. The molecule has 0 unspecified atom stereocenters. The van der Waals surface area contributed by atoms with Gasteiger partial charge in [-0.15, -0.1) is 0 Å². The van der Waals surface area contributed by atoms with Gasteiger partial charge in [0.25, 0.3) is 0 Å². The third-order valence-electron chi connectivity index (χ3n) is 4.88. The van der Waals surface area contributed by atoms with E-state index in [0.717, 1.165) is 22.2 Å². The fourth-order valence-corrected chi connectivity index (χ4v) is 3.02. The Balaban J connectivity index is 0.000000466. The van der Waals surface area contributed by atoms with Gasteiger partial charge in [-0.3, -0.25) is 0 Å². The van der Waals surface area contributed by atoms with Crippen molar-refractivity contribution in [1.82, 2.24) is 0 Å². The van der Waals surface area contributed by atoms with E-state index >= 15 is 0 Å². The number of fused-ring (bicyclic) bond motifs is 1. The van der Waals surface area contributed by atoms with Gasteiger partial charge in [-0.1, -0.05) is 30.3 Å². The van der Waals surface area contributed by atoms with Crippen molar-refractivity contribution in [2.24, 2.45) is 7.05 Å². The number of hydrogen-bond acceptors (Lipinski definition) is 7. The van der Waals surface area contributed by atoms with Crippen LogP contribution in [-0.4, -0.2) is 38.2 Å². The van der Waals surface area contributed by atoms with Gasteiger partial charge in [0.15, 0.2) is 27.3 Å². The van der Waals surface area contributed by atoms with Crippen molar-refractivity contribution >= 4 is 27.0 Å². The molecule has 1 aromatic heterocycles. The fraction of sp³-hybridized carbons (Fsp3) is 0.304. The van der Waals surface area contributed by atoms with Crippen LogP contribution >= 0.6 is 0 Å². The number of methoxy groups -OCH3 is 1. The van der Waals surface area contributed by atoms with Gasteiger partial charge in [0.05, 0.1) is 25.2 Å². The van der Waals surface area contributed by atoms with E-state index in [1.54, 1.807) is 14.0 Å². The third-order valence-corrected chi connectivity index (χ3v) is 5.45. The minimum atomic E-state index is -6.09. The van der Waals surface area contributed by atoms with Crippen LogP contribution < -0.4 is 14.0 Å². The molecule has 8 nitrogen and oxygen atoms in total. The van der Waals surface area contributed by atoms with Crippen molar-refractivity contribution in [2.45, 2.75) is 26.0 Å². The van der Waals surface area contributed by atoms with E-state index in [9.17, 15) is 18.0 Å². The van der Waals surface area contributed by atoms with Crippen molar-refractivity contribution in [3.8, 4) is 11.5 Å². The van der Waals surface area contributed by atoms with E-state index in [4.69, 9.17) is 27.2 Å². The second kappa shape index (κ2) is 11.4. The maximum atomic E-state index is 12.3. The van der Waals surface area contributed by atoms with E-state index in [1.165, 1.54) is 0 Å². The summed E-state index contributed by atoms with van der Waals surface area (Å²) in [6.07, 6.45) is 0. The van der Waals surface area contributed by atoms with E-state index < -0.39 is 15.6 Å². The highest BCUT2D eigenvalue weighted by Crippen LogP contribution is 2.32. The molecule has 12 heteroatoms. The molecule has 0 radical (unpaired) electrons. The van der Waals surface area contributed by atoms with Gasteiger partial charge in [-0.05, 0) is 24.6 Å². The first-order valence-corrected chi connectivity index (χ1v) is 11.6. The summed E-state index contributed by atoms with van der Waals surface area (Å²) in [6.45, 7) is 4.48. The van der Waals surface area contributed by atoms with Crippen molar-refractivity contribution in [3.05, 3.63) is 65.4 Å². The van der Waals surface area contributed by atoms with Gasteiger partial charge in [0.1, 0.15) is 19.2 Å². The molecule has 0 amide bonds. The van der Waals surface area contributed by atoms with Crippen LogP contribution in [0.5, 0.6) is 11.5 Å². The number of aryl methyl sites for hydroxylation is 1. The predicted molar refractivity (Wildman–Crippen MR) is 119 cm³/mol. The Morgan fingerprint density at radius 3 is 2.20 bits per heavy atom. The Bertz CT molecular complexity index is 1290. The van der Waals surface area contributed by atoms with Crippen LogP contribution in [0.25, 0.3) is 10.9 Å². The predicted octanol–water partition coefficient (Wildman–Crippen LogP) is 3.79. The molecule has 0 aliphatic carbocycles. The van der Waals surface area contributed by atoms with E-state index in [1.807, 2.05) is 67.1 Å². The first kappa shape index (κ1) is 27.9. The van der Waals surface area contributed by atoms with Crippen LogP contribution in [0.2, 0.25) is 0 Å². The van der Waals surface area contributed by atoms with E-state index in [-0.39, 0.29) is 5.97 Å². The summed E-state index contributed by atoms with van der Waals surface area (Å²) in [7, 11) is -2.55. The largest absolute Gasteiger partial charge is 0.741 e. The number of aromatic nitrogens is 1. The lowest BCUT2D eigenvalue weighted by Crippen LogP contribution is -2.35. The second-order valence-electron chi connectivity index (χ2n) is 7.16. The van der Waals surface area contributed by atoms with Gasteiger partial charge < -0.3 is 18.8 Å². The molecule has 0 aliphatic rings. The van der Waals surface area contributed by atoms with Crippen molar-refractivity contribution < 1.29 is 49.7 Å². The normalized spacial score (nSPS) is 11.4. The van der Waals surface area contributed by atoms with Crippen LogP contribution in [0.4, 0.5) is 13.2 Å². The molecule has 0 bridgehead atoms. The van der Waals surface area contributed by atoms with Gasteiger partial charge in [-0.2, -0.15) is 17.7 Å². The minimum absolute atomic E-state index is 0.324. The molecular formula is C23H24F3NO7S. The van der Waals surface area contributed by atoms with Gasteiger partial charge in [0.2, 0.25) is 5.52 Å².